The summed E-state index contributed by atoms with van der Waals surface area (Å²) in [6, 6.07) is 0. The largest absolute Gasteiger partial charge is 0.390 e. The minimum absolute atomic E-state index is 0.00940. The molecule has 3 N–H and O–H groups in total. The molecule has 0 aromatic carbocycles. The molecule has 0 unspecified atom stereocenters. The van der Waals surface area contributed by atoms with Gasteiger partial charge in [0.1, 0.15) is 18.0 Å². The standard InChI is InChI=1S/C21H26F2O5/c1-18-5-3-11(25)7-14(18)15(22)8-13-12-4-6-20(28,17(27)10-24)19(12,2)9-16(26)21(13,18)23/h7-8,12-13,16,24,26,28H,3-6,9-10H2,1-2H3/t12-,13-,16-,18-,19-,20-,21-/m0/s1. The number of allylic oxidation sites excluding steroid dienone is 4. The summed E-state index contributed by atoms with van der Waals surface area (Å²) in [7, 11) is 0. The van der Waals surface area contributed by atoms with Crippen molar-refractivity contribution in [3.05, 3.63) is 23.6 Å². The molecule has 0 spiro atoms. The molecule has 0 bridgehead atoms. The van der Waals surface area contributed by atoms with Crippen LogP contribution in [0.2, 0.25) is 0 Å². The van der Waals surface area contributed by atoms with Crippen molar-refractivity contribution in [3.63, 3.8) is 0 Å². The average molecular weight is 396 g/mol. The summed E-state index contributed by atoms with van der Waals surface area (Å²) in [6.45, 7) is 2.32. The molecule has 0 saturated heterocycles. The van der Waals surface area contributed by atoms with Gasteiger partial charge >= 0.3 is 0 Å². The van der Waals surface area contributed by atoms with Crippen molar-refractivity contribution in [2.45, 2.75) is 63.3 Å². The Kier molecular flexibility index (Phi) is 4.11. The fourth-order valence-electron chi connectivity index (χ4n) is 6.68. The third-order valence-corrected chi connectivity index (χ3v) is 8.41. The number of rotatable bonds is 2. The minimum atomic E-state index is -2.22. The van der Waals surface area contributed by atoms with Gasteiger partial charge in [-0.1, -0.05) is 13.8 Å². The number of aliphatic hydroxyl groups is 3. The number of carbonyl (C=O) groups excluding carboxylic acids is 2. The number of carbonyl (C=O) groups is 2. The van der Waals surface area contributed by atoms with Crippen molar-refractivity contribution in [1.29, 1.82) is 0 Å². The van der Waals surface area contributed by atoms with Crippen LogP contribution in [0.25, 0.3) is 0 Å². The Morgan fingerprint density at radius 1 is 1.32 bits per heavy atom. The molecule has 0 radical (unpaired) electrons. The molecule has 0 aliphatic heterocycles. The quantitative estimate of drug-likeness (QED) is 0.663. The molecular weight excluding hydrogens is 370 g/mol. The molecule has 7 atom stereocenters. The lowest BCUT2D eigenvalue weighted by Crippen LogP contribution is -2.69. The predicted molar refractivity (Wildman–Crippen MR) is 95.4 cm³/mol. The van der Waals surface area contributed by atoms with Gasteiger partial charge in [0.25, 0.3) is 0 Å². The van der Waals surface area contributed by atoms with Crippen molar-refractivity contribution in [2.75, 3.05) is 6.61 Å². The lowest BCUT2D eigenvalue weighted by atomic mass is 9.45. The maximum atomic E-state index is 16.7. The Balaban J connectivity index is 1.89. The van der Waals surface area contributed by atoms with Crippen molar-refractivity contribution in [3.8, 4) is 0 Å². The summed E-state index contributed by atoms with van der Waals surface area (Å²) >= 11 is 0. The number of fused-ring (bicyclic) bond motifs is 5. The molecule has 0 amide bonds. The Bertz CT molecular complexity index is 822. The molecule has 154 valence electrons. The van der Waals surface area contributed by atoms with Gasteiger partial charge in [0.15, 0.2) is 17.2 Å². The number of Topliss-reactive ketones (excluding diaryl/α,β-unsaturated/α-hetero) is 1. The molecule has 7 heteroatoms. The van der Waals surface area contributed by atoms with Crippen molar-refractivity contribution in [2.24, 2.45) is 22.7 Å². The van der Waals surface area contributed by atoms with Gasteiger partial charge in [0, 0.05) is 28.7 Å². The molecule has 2 fully saturated rings. The van der Waals surface area contributed by atoms with Crippen molar-refractivity contribution in [1.82, 2.24) is 0 Å². The van der Waals surface area contributed by atoms with Crippen LogP contribution in [0.5, 0.6) is 0 Å². The maximum Gasteiger partial charge on any atom is 0.190 e. The average Bonchev–Trinajstić information content (AvgIpc) is 2.91. The molecule has 28 heavy (non-hydrogen) atoms. The first-order valence-corrected chi connectivity index (χ1v) is 9.82. The summed E-state index contributed by atoms with van der Waals surface area (Å²) in [5, 5.41) is 31.4. The van der Waals surface area contributed by atoms with Crippen LogP contribution in [0.15, 0.2) is 23.6 Å². The molecule has 4 aliphatic rings. The van der Waals surface area contributed by atoms with Crippen LogP contribution in [0.1, 0.15) is 46.0 Å². The van der Waals surface area contributed by atoms with Gasteiger partial charge in [0.05, 0.1) is 6.10 Å². The Labute approximate surface area is 162 Å². The van der Waals surface area contributed by atoms with E-state index in [1.807, 2.05) is 0 Å². The van der Waals surface area contributed by atoms with Crippen LogP contribution >= 0.6 is 0 Å². The van der Waals surface area contributed by atoms with E-state index in [0.717, 1.165) is 12.2 Å². The van der Waals surface area contributed by atoms with E-state index in [0.29, 0.717) is 0 Å². The summed E-state index contributed by atoms with van der Waals surface area (Å²) < 4.78 is 31.8. The van der Waals surface area contributed by atoms with E-state index >= 15 is 8.78 Å². The van der Waals surface area contributed by atoms with Crippen LogP contribution in [-0.4, -0.2) is 50.9 Å². The molecule has 4 rings (SSSR count). The summed E-state index contributed by atoms with van der Waals surface area (Å²) in [6.07, 6.45) is 1.01. The zero-order chi connectivity index (χ0) is 20.7. The van der Waals surface area contributed by atoms with Gasteiger partial charge in [-0.2, -0.15) is 0 Å². The molecule has 4 aliphatic carbocycles. The molecule has 0 heterocycles. The van der Waals surface area contributed by atoms with E-state index in [2.05, 4.69) is 0 Å². The second-order valence-corrected chi connectivity index (χ2v) is 9.39. The lowest BCUT2D eigenvalue weighted by Gasteiger charge is -2.61. The van der Waals surface area contributed by atoms with Crippen molar-refractivity contribution >= 4 is 11.6 Å². The third kappa shape index (κ3) is 2.05. The summed E-state index contributed by atoms with van der Waals surface area (Å²) in [5.41, 5.74) is -6.67. The normalized spacial score (nSPS) is 50.2. The first-order chi connectivity index (χ1) is 13.0. The van der Waals surface area contributed by atoms with E-state index in [1.165, 1.54) is 0 Å². The minimum Gasteiger partial charge on any atom is -0.390 e. The predicted octanol–water partition coefficient (Wildman–Crippen LogP) is 1.95. The number of hydrogen-bond donors (Lipinski definition) is 3. The van der Waals surface area contributed by atoms with Crippen LogP contribution in [-0.2, 0) is 9.59 Å². The van der Waals surface area contributed by atoms with Gasteiger partial charge < -0.3 is 15.3 Å². The van der Waals surface area contributed by atoms with Crippen LogP contribution in [0.4, 0.5) is 8.78 Å². The third-order valence-electron chi connectivity index (χ3n) is 8.41. The number of aliphatic hydroxyl groups excluding tert-OH is 2. The van der Waals surface area contributed by atoms with Gasteiger partial charge in [-0.3, -0.25) is 9.59 Å². The Morgan fingerprint density at radius 2 is 2.00 bits per heavy atom. The maximum absolute atomic E-state index is 16.7. The lowest BCUT2D eigenvalue weighted by molar-refractivity contribution is -0.211. The first kappa shape index (κ1) is 19.9. The number of alkyl halides is 1. The monoisotopic (exact) mass is 396 g/mol. The van der Waals surface area contributed by atoms with Crippen LogP contribution in [0.3, 0.4) is 0 Å². The van der Waals surface area contributed by atoms with E-state index in [1.54, 1.807) is 13.8 Å². The van der Waals surface area contributed by atoms with Crippen LogP contribution < -0.4 is 0 Å². The van der Waals surface area contributed by atoms with Gasteiger partial charge in [-0.05, 0) is 43.8 Å². The van der Waals surface area contributed by atoms with Gasteiger partial charge in [-0.15, -0.1) is 0 Å². The summed E-state index contributed by atoms with van der Waals surface area (Å²) in [4.78, 5) is 24.2. The molecule has 0 aromatic rings. The van der Waals surface area contributed by atoms with Crippen molar-refractivity contribution < 1.29 is 33.7 Å². The highest BCUT2D eigenvalue weighted by molar-refractivity contribution is 5.93. The fourth-order valence-corrected chi connectivity index (χ4v) is 6.68. The number of ketones is 2. The van der Waals surface area contributed by atoms with E-state index in [4.69, 9.17) is 0 Å². The van der Waals surface area contributed by atoms with Crippen LogP contribution in [0, 0.1) is 22.7 Å². The second-order valence-electron chi connectivity index (χ2n) is 9.39. The summed E-state index contributed by atoms with van der Waals surface area (Å²) in [5.74, 6) is -3.32. The molecular formula is C21H26F2O5. The number of hydrogen-bond acceptors (Lipinski definition) is 5. The highest BCUT2D eigenvalue weighted by atomic mass is 19.1. The van der Waals surface area contributed by atoms with E-state index < -0.39 is 58.3 Å². The highest BCUT2D eigenvalue weighted by Crippen LogP contribution is 2.69. The zero-order valence-electron chi connectivity index (χ0n) is 16.0. The van der Waals surface area contributed by atoms with E-state index in [-0.39, 0.29) is 43.5 Å². The Morgan fingerprint density at radius 3 is 2.64 bits per heavy atom. The second kappa shape index (κ2) is 5.80. The molecule has 0 aromatic heterocycles. The zero-order valence-corrected chi connectivity index (χ0v) is 16.0. The highest BCUT2D eigenvalue weighted by Gasteiger charge is 2.74. The first-order valence-electron chi connectivity index (χ1n) is 9.82. The topological polar surface area (TPSA) is 94.8 Å². The fraction of sp³-hybridized carbons (Fsp3) is 0.714. The SMILES string of the molecule is C[C@]12CCC(=O)C=C1C(F)=C[C@H]1[C@@H]3CC[C@](O)(C(=O)CO)[C@@]3(C)C[C@H](O)[C@@]12F. The van der Waals surface area contributed by atoms with Gasteiger partial charge in [0.2, 0.25) is 0 Å². The Hall–Kier alpha value is -1.44. The molecule has 5 nitrogen and oxygen atoms in total. The number of halogens is 2. The molecule has 2 saturated carbocycles. The smallest absolute Gasteiger partial charge is 0.190 e. The van der Waals surface area contributed by atoms with Gasteiger partial charge in [-0.25, -0.2) is 8.78 Å². The van der Waals surface area contributed by atoms with E-state index in [9.17, 15) is 24.9 Å².